The first-order valence-corrected chi connectivity index (χ1v) is 8.51. The van der Waals surface area contributed by atoms with Crippen molar-refractivity contribution in [2.75, 3.05) is 20.2 Å². The van der Waals surface area contributed by atoms with E-state index in [1.54, 1.807) is 30.1 Å². The van der Waals surface area contributed by atoms with Gasteiger partial charge in [-0.05, 0) is 24.3 Å². The van der Waals surface area contributed by atoms with Crippen LogP contribution < -0.4 is 10.3 Å². The molecule has 0 unspecified atom stereocenters. The number of carbonyl (C=O) groups excluding carboxylic acids is 1. The average molecular weight is 351 g/mol. The summed E-state index contributed by atoms with van der Waals surface area (Å²) in [4.78, 5) is 30.6. The molecule has 0 N–H and O–H groups in total. The molecule has 0 aliphatic heterocycles. The van der Waals surface area contributed by atoms with Crippen molar-refractivity contribution in [2.24, 2.45) is 0 Å². The van der Waals surface area contributed by atoms with Crippen LogP contribution in [0.1, 0.15) is 6.42 Å². The minimum absolute atomic E-state index is 0.0401. The van der Waals surface area contributed by atoms with Gasteiger partial charge in [-0.3, -0.25) is 14.2 Å². The Morgan fingerprint density at radius 1 is 1.12 bits per heavy atom. The lowest BCUT2D eigenvalue weighted by molar-refractivity contribution is -0.130. The van der Waals surface area contributed by atoms with E-state index < -0.39 is 0 Å². The lowest BCUT2D eigenvalue weighted by atomic mass is 10.2. The average Bonchev–Trinajstić information content (AvgIpc) is 2.68. The second-order valence-electron chi connectivity index (χ2n) is 5.99. The molecule has 1 heterocycles. The van der Waals surface area contributed by atoms with Crippen molar-refractivity contribution >= 4 is 16.8 Å². The van der Waals surface area contributed by atoms with Gasteiger partial charge in [0.05, 0.1) is 23.8 Å². The predicted octanol–water partition coefficient (Wildman–Crippen LogP) is 2.32. The van der Waals surface area contributed by atoms with Gasteiger partial charge in [-0.25, -0.2) is 4.98 Å². The number of ether oxygens (including phenoxy) is 1. The maximum Gasteiger partial charge on any atom is 0.261 e. The molecule has 0 saturated heterocycles. The second kappa shape index (κ2) is 8.29. The third-order valence-corrected chi connectivity index (χ3v) is 4.16. The van der Waals surface area contributed by atoms with Gasteiger partial charge in [0, 0.05) is 20.0 Å². The van der Waals surface area contributed by atoms with Crippen LogP contribution in [0.3, 0.4) is 0 Å². The maximum absolute atomic E-state index is 12.4. The third-order valence-electron chi connectivity index (χ3n) is 4.16. The Morgan fingerprint density at radius 2 is 1.85 bits per heavy atom. The van der Waals surface area contributed by atoms with Crippen LogP contribution in [0.25, 0.3) is 10.9 Å². The fourth-order valence-corrected chi connectivity index (χ4v) is 2.61. The number of para-hydroxylation sites is 2. The van der Waals surface area contributed by atoms with Crippen LogP contribution in [0.2, 0.25) is 0 Å². The van der Waals surface area contributed by atoms with Crippen molar-refractivity contribution in [1.82, 2.24) is 14.5 Å². The normalized spacial score (nSPS) is 10.7. The Labute approximate surface area is 151 Å². The van der Waals surface area contributed by atoms with Crippen LogP contribution in [0.4, 0.5) is 0 Å². The molecule has 2 aromatic carbocycles. The predicted molar refractivity (Wildman–Crippen MR) is 100 cm³/mol. The van der Waals surface area contributed by atoms with Crippen molar-refractivity contribution in [3.8, 4) is 5.75 Å². The molecular formula is C20H21N3O3. The Kier molecular flexibility index (Phi) is 5.63. The van der Waals surface area contributed by atoms with E-state index in [1.165, 1.54) is 10.9 Å². The number of aryl methyl sites for hydroxylation is 1. The monoisotopic (exact) mass is 351 g/mol. The highest BCUT2D eigenvalue weighted by atomic mass is 16.5. The number of hydrogen-bond donors (Lipinski definition) is 0. The highest BCUT2D eigenvalue weighted by Crippen LogP contribution is 2.08. The summed E-state index contributed by atoms with van der Waals surface area (Å²) in [6.07, 6.45) is 1.73. The van der Waals surface area contributed by atoms with Crippen molar-refractivity contribution in [3.05, 3.63) is 71.3 Å². The van der Waals surface area contributed by atoms with Crippen molar-refractivity contribution in [2.45, 2.75) is 13.0 Å². The van der Waals surface area contributed by atoms with Gasteiger partial charge in [0.1, 0.15) is 12.4 Å². The Morgan fingerprint density at radius 3 is 2.65 bits per heavy atom. The second-order valence-corrected chi connectivity index (χ2v) is 5.99. The summed E-state index contributed by atoms with van der Waals surface area (Å²) in [5, 5.41) is 0.562. The largest absolute Gasteiger partial charge is 0.492 e. The Hall–Kier alpha value is -3.15. The molecule has 134 valence electrons. The first kappa shape index (κ1) is 17.7. The fourth-order valence-electron chi connectivity index (χ4n) is 2.61. The van der Waals surface area contributed by atoms with Gasteiger partial charge in [0.2, 0.25) is 5.91 Å². The summed E-state index contributed by atoms with van der Waals surface area (Å²) < 4.78 is 7.08. The summed E-state index contributed by atoms with van der Waals surface area (Å²) in [6.45, 7) is 1.21. The van der Waals surface area contributed by atoms with Crippen LogP contribution in [0, 0.1) is 0 Å². The molecule has 26 heavy (non-hydrogen) atoms. The molecule has 0 aliphatic rings. The molecule has 0 aliphatic carbocycles. The van der Waals surface area contributed by atoms with E-state index in [0.29, 0.717) is 30.6 Å². The molecule has 0 bridgehead atoms. The molecule has 6 nitrogen and oxygen atoms in total. The zero-order valence-electron chi connectivity index (χ0n) is 14.7. The van der Waals surface area contributed by atoms with E-state index in [1.807, 2.05) is 36.4 Å². The molecule has 0 atom stereocenters. The molecule has 1 aromatic heterocycles. The first-order valence-electron chi connectivity index (χ1n) is 8.51. The third kappa shape index (κ3) is 4.27. The van der Waals surface area contributed by atoms with Crippen LogP contribution in [0.5, 0.6) is 5.75 Å². The Balaban J connectivity index is 1.52. The summed E-state index contributed by atoms with van der Waals surface area (Å²) in [5.74, 6) is 0.740. The minimum Gasteiger partial charge on any atom is -0.492 e. The highest BCUT2D eigenvalue weighted by molar-refractivity contribution is 5.77. The number of benzene rings is 2. The minimum atomic E-state index is -0.126. The van der Waals surface area contributed by atoms with Crippen molar-refractivity contribution in [1.29, 1.82) is 0 Å². The quantitative estimate of drug-likeness (QED) is 0.655. The van der Waals surface area contributed by atoms with Crippen molar-refractivity contribution < 1.29 is 9.53 Å². The summed E-state index contributed by atoms with van der Waals surface area (Å²) in [7, 11) is 1.73. The summed E-state index contributed by atoms with van der Waals surface area (Å²) in [6, 6.07) is 16.7. The van der Waals surface area contributed by atoms with Gasteiger partial charge < -0.3 is 9.64 Å². The van der Waals surface area contributed by atoms with Crippen LogP contribution >= 0.6 is 0 Å². The molecule has 0 radical (unpaired) electrons. The van der Waals surface area contributed by atoms with Crippen LogP contribution in [-0.2, 0) is 11.3 Å². The van der Waals surface area contributed by atoms with E-state index in [2.05, 4.69) is 4.98 Å². The zero-order chi connectivity index (χ0) is 18.4. The van der Waals surface area contributed by atoms with Gasteiger partial charge in [-0.1, -0.05) is 30.3 Å². The van der Waals surface area contributed by atoms with Crippen LogP contribution in [0.15, 0.2) is 65.7 Å². The fraction of sp³-hybridized carbons (Fsp3) is 0.250. The molecule has 0 fully saturated rings. The number of carbonyl (C=O) groups is 1. The summed E-state index contributed by atoms with van der Waals surface area (Å²) in [5.41, 5.74) is 0.536. The molecular weight excluding hydrogens is 330 g/mol. The number of fused-ring (bicyclic) bond motifs is 1. The lowest BCUT2D eigenvalue weighted by Gasteiger charge is -2.18. The SMILES string of the molecule is CN(CCOc1ccccc1)C(=O)CCn1cnc2ccccc2c1=O. The number of aromatic nitrogens is 2. The van der Waals surface area contributed by atoms with Gasteiger partial charge >= 0.3 is 0 Å². The number of nitrogens with zero attached hydrogens (tertiary/aromatic N) is 3. The number of likely N-dealkylation sites (N-methyl/N-ethyl adjacent to an activating group) is 1. The highest BCUT2D eigenvalue weighted by Gasteiger charge is 2.10. The molecule has 3 aromatic rings. The zero-order valence-corrected chi connectivity index (χ0v) is 14.7. The molecule has 0 spiro atoms. The van der Waals surface area contributed by atoms with Crippen LogP contribution in [-0.4, -0.2) is 40.6 Å². The maximum atomic E-state index is 12.4. The topological polar surface area (TPSA) is 64.4 Å². The van der Waals surface area contributed by atoms with Gasteiger partial charge in [0.15, 0.2) is 0 Å². The van der Waals surface area contributed by atoms with Gasteiger partial charge in [-0.15, -0.1) is 0 Å². The number of rotatable bonds is 7. The summed E-state index contributed by atoms with van der Waals surface area (Å²) >= 11 is 0. The van der Waals surface area contributed by atoms with E-state index in [4.69, 9.17) is 4.74 Å². The van der Waals surface area contributed by atoms with E-state index >= 15 is 0 Å². The standard InChI is InChI=1S/C20H21N3O3/c1-22(13-14-26-16-7-3-2-4-8-16)19(24)11-12-23-15-21-18-10-6-5-9-17(18)20(23)25/h2-10,15H,11-14H2,1H3. The van der Waals surface area contributed by atoms with Gasteiger partial charge in [-0.2, -0.15) is 0 Å². The molecule has 6 heteroatoms. The van der Waals surface area contributed by atoms with E-state index in [9.17, 15) is 9.59 Å². The van der Waals surface area contributed by atoms with Gasteiger partial charge in [0.25, 0.3) is 5.56 Å². The van der Waals surface area contributed by atoms with E-state index in [-0.39, 0.29) is 17.9 Å². The first-order chi connectivity index (χ1) is 12.6. The molecule has 0 saturated carbocycles. The molecule has 1 amide bonds. The number of amides is 1. The smallest absolute Gasteiger partial charge is 0.261 e. The number of hydrogen-bond acceptors (Lipinski definition) is 4. The Bertz CT molecular complexity index is 938. The lowest BCUT2D eigenvalue weighted by Crippen LogP contribution is -2.32. The van der Waals surface area contributed by atoms with Crippen molar-refractivity contribution in [3.63, 3.8) is 0 Å². The van der Waals surface area contributed by atoms with E-state index in [0.717, 1.165) is 5.75 Å². The molecule has 3 rings (SSSR count).